The number of esters is 1. The molecule has 2 heterocycles. The molecule has 0 radical (unpaired) electrons. The number of nitrogens with one attached hydrogen (secondary N) is 2. The first-order valence-electron chi connectivity index (χ1n) is 17.7. The lowest BCUT2D eigenvalue weighted by Crippen LogP contribution is -2.51. The smallest absolute Gasteiger partial charge is 0.328 e. The van der Waals surface area contributed by atoms with Gasteiger partial charge in [-0.05, 0) is 41.0 Å². The number of nitrogens with zero attached hydrogens (tertiary/aromatic N) is 3. The summed E-state index contributed by atoms with van der Waals surface area (Å²) in [5, 5.41) is 26.2. The van der Waals surface area contributed by atoms with E-state index >= 15 is 0 Å². The summed E-state index contributed by atoms with van der Waals surface area (Å²) in [6.07, 6.45) is -0.852. The number of carbonyl (C=O) groups is 2. The zero-order valence-corrected chi connectivity index (χ0v) is 29.8. The van der Waals surface area contributed by atoms with E-state index in [0.29, 0.717) is 12.2 Å². The molecular formula is C40H45N5O8. The fraction of sp³-hybridized carbons (Fsp3) is 0.350. The molecule has 2 amide bonds. The maximum Gasteiger partial charge on any atom is 0.328 e. The fourth-order valence-electron chi connectivity index (χ4n) is 6.79. The molecule has 2 fully saturated rings. The van der Waals surface area contributed by atoms with Crippen molar-refractivity contribution in [1.29, 1.82) is 0 Å². The number of anilines is 2. The van der Waals surface area contributed by atoms with Crippen LogP contribution in [0.2, 0.25) is 0 Å². The van der Waals surface area contributed by atoms with Crippen LogP contribution < -0.4 is 15.5 Å². The second-order valence-electron chi connectivity index (χ2n) is 13.4. The van der Waals surface area contributed by atoms with Crippen molar-refractivity contribution in [2.75, 3.05) is 50.1 Å². The van der Waals surface area contributed by atoms with E-state index in [9.17, 15) is 24.8 Å². The molecule has 0 aliphatic carbocycles. The number of hydrogen-bond donors (Lipinski definition) is 3. The summed E-state index contributed by atoms with van der Waals surface area (Å²) in [5.74, 6) is -0.538. The summed E-state index contributed by atoms with van der Waals surface area (Å²) in [5.41, 5.74) is 5.04. The molecule has 13 heteroatoms. The van der Waals surface area contributed by atoms with E-state index in [0.717, 1.165) is 54.1 Å². The number of ether oxygens (including phenoxy) is 3. The van der Waals surface area contributed by atoms with Crippen LogP contribution >= 0.6 is 0 Å². The van der Waals surface area contributed by atoms with Gasteiger partial charge in [0.25, 0.3) is 5.69 Å². The lowest BCUT2D eigenvalue weighted by atomic mass is 9.90. The summed E-state index contributed by atoms with van der Waals surface area (Å²) in [6, 6.07) is 29.7. The highest BCUT2D eigenvalue weighted by Crippen LogP contribution is 2.42. The van der Waals surface area contributed by atoms with Crippen LogP contribution in [0.25, 0.3) is 0 Å². The van der Waals surface area contributed by atoms with Gasteiger partial charge in [-0.1, -0.05) is 73.7 Å². The number of carbonyl (C=O) groups excluding carboxylic acids is 2. The number of amides is 2. The van der Waals surface area contributed by atoms with Gasteiger partial charge in [-0.2, -0.15) is 0 Å². The van der Waals surface area contributed by atoms with Crippen LogP contribution in [-0.4, -0.2) is 78.9 Å². The van der Waals surface area contributed by atoms with Gasteiger partial charge >= 0.3 is 12.0 Å². The van der Waals surface area contributed by atoms with Gasteiger partial charge < -0.3 is 34.9 Å². The first-order valence-corrected chi connectivity index (χ1v) is 17.7. The molecule has 4 aromatic rings. The maximum atomic E-state index is 12.9. The van der Waals surface area contributed by atoms with Crippen LogP contribution in [-0.2, 0) is 32.0 Å². The monoisotopic (exact) mass is 723 g/mol. The van der Waals surface area contributed by atoms with Crippen molar-refractivity contribution in [3.63, 3.8) is 0 Å². The van der Waals surface area contributed by atoms with Gasteiger partial charge in [0.2, 0.25) is 0 Å². The molecule has 0 aromatic heterocycles. The van der Waals surface area contributed by atoms with Crippen molar-refractivity contribution in [1.82, 2.24) is 10.2 Å². The van der Waals surface area contributed by atoms with E-state index in [-0.39, 0.29) is 41.8 Å². The van der Waals surface area contributed by atoms with E-state index in [1.165, 1.54) is 19.2 Å². The Balaban J connectivity index is 1.12. The summed E-state index contributed by atoms with van der Waals surface area (Å²) in [6.45, 7) is 5.93. The Kier molecular flexibility index (Phi) is 12.3. The lowest BCUT2D eigenvalue weighted by Gasteiger charge is -2.44. The number of piperazine rings is 1. The molecule has 6 rings (SSSR count). The molecule has 13 nitrogen and oxygen atoms in total. The lowest BCUT2D eigenvalue weighted by molar-refractivity contribution is -0.384. The predicted octanol–water partition coefficient (Wildman–Crippen LogP) is 5.61. The Morgan fingerprint density at radius 3 is 2.17 bits per heavy atom. The third-order valence-corrected chi connectivity index (χ3v) is 9.87. The molecule has 0 unspecified atom stereocenters. The van der Waals surface area contributed by atoms with Crippen molar-refractivity contribution >= 4 is 29.1 Å². The summed E-state index contributed by atoms with van der Waals surface area (Å²) in [4.78, 5) is 40.7. The van der Waals surface area contributed by atoms with E-state index in [1.54, 1.807) is 24.3 Å². The van der Waals surface area contributed by atoms with Gasteiger partial charge in [0.1, 0.15) is 6.04 Å². The number of aliphatic hydroxyl groups excluding tert-OH is 1. The molecule has 2 aliphatic rings. The average molecular weight is 724 g/mol. The van der Waals surface area contributed by atoms with Crippen molar-refractivity contribution in [3.05, 3.63) is 135 Å². The van der Waals surface area contributed by atoms with Crippen LogP contribution in [0.15, 0.2) is 103 Å². The van der Waals surface area contributed by atoms with Crippen molar-refractivity contribution in [2.45, 2.75) is 44.5 Å². The SMILES string of the molecule is COC(=O)[C@H](Cc1ccccc1)NC(=O)Nc1ccc([C@@H]2O[C@H](CN3CCN(c4ccc([N+](=O)[O-])cc4)CC3)[C@H](C)[C@H](c3ccc(CO)cc3)O2)cc1. The number of nitro benzene ring substituents is 1. The fourth-order valence-corrected chi connectivity index (χ4v) is 6.79. The number of methoxy groups -OCH3 is 1. The number of rotatable bonds is 12. The van der Waals surface area contributed by atoms with Crippen LogP contribution in [0.3, 0.4) is 0 Å². The van der Waals surface area contributed by atoms with Gasteiger partial charge in [-0.25, -0.2) is 9.59 Å². The van der Waals surface area contributed by atoms with Gasteiger partial charge in [-0.3, -0.25) is 15.0 Å². The van der Waals surface area contributed by atoms with E-state index in [2.05, 4.69) is 27.4 Å². The second kappa shape index (κ2) is 17.5. The third-order valence-electron chi connectivity index (χ3n) is 9.87. The van der Waals surface area contributed by atoms with Crippen LogP contribution in [0.5, 0.6) is 0 Å². The van der Waals surface area contributed by atoms with Gasteiger partial charge in [-0.15, -0.1) is 0 Å². The molecule has 0 bridgehead atoms. The molecule has 5 atom stereocenters. The minimum atomic E-state index is -0.863. The number of hydrogen-bond acceptors (Lipinski definition) is 10. The van der Waals surface area contributed by atoms with E-state index < -0.39 is 24.3 Å². The molecule has 4 aromatic carbocycles. The number of benzene rings is 4. The van der Waals surface area contributed by atoms with Crippen molar-refractivity contribution in [3.8, 4) is 0 Å². The largest absolute Gasteiger partial charge is 0.467 e. The van der Waals surface area contributed by atoms with Crippen LogP contribution in [0.4, 0.5) is 21.9 Å². The Bertz CT molecular complexity index is 1820. The molecule has 53 heavy (non-hydrogen) atoms. The van der Waals surface area contributed by atoms with Crippen LogP contribution in [0.1, 0.15) is 41.6 Å². The summed E-state index contributed by atoms with van der Waals surface area (Å²) >= 11 is 0. The van der Waals surface area contributed by atoms with Crippen LogP contribution in [0, 0.1) is 16.0 Å². The molecule has 3 N–H and O–H groups in total. The van der Waals surface area contributed by atoms with Crippen molar-refractivity contribution < 1.29 is 33.8 Å². The average Bonchev–Trinajstić information content (AvgIpc) is 3.19. The number of nitro groups is 1. The second-order valence-corrected chi connectivity index (χ2v) is 13.4. The van der Waals surface area contributed by atoms with E-state index in [1.807, 2.05) is 66.7 Å². The molecular weight excluding hydrogens is 678 g/mol. The van der Waals surface area contributed by atoms with Gasteiger partial charge in [0, 0.05) is 74.1 Å². The highest BCUT2D eigenvalue weighted by Gasteiger charge is 2.39. The minimum Gasteiger partial charge on any atom is -0.467 e. The Labute approximate surface area is 308 Å². The zero-order chi connectivity index (χ0) is 37.3. The first-order chi connectivity index (χ1) is 25.7. The Morgan fingerprint density at radius 1 is 0.887 bits per heavy atom. The van der Waals surface area contributed by atoms with Gasteiger partial charge in [0.05, 0.1) is 30.8 Å². The third kappa shape index (κ3) is 9.56. The van der Waals surface area contributed by atoms with Crippen molar-refractivity contribution in [2.24, 2.45) is 5.92 Å². The number of aliphatic hydroxyl groups is 1. The molecule has 278 valence electrons. The minimum absolute atomic E-state index is 0.00204. The molecule has 2 saturated heterocycles. The Hall–Kier alpha value is -5.34. The maximum absolute atomic E-state index is 12.9. The number of urea groups is 1. The highest BCUT2D eigenvalue weighted by molar-refractivity contribution is 5.92. The quantitative estimate of drug-likeness (QED) is 0.0955. The summed E-state index contributed by atoms with van der Waals surface area (Å²) in [7, 11) is 1.29. The van der Waals surface area contributed by atoms with E-state index in [4.69, 9.17) is 14.2 Å². The molecule has 0 spiro atoms. The molecule has 0 saturated carbocycles. The predicted molar refractivity (Wildman–Crippen MR) is 199 cm³/mol. The zero-order valence-electron chi connectivity index (χ0n) is 29.8. The normalized spacial score (nSPS) is 21.0. The Morgan fingerprint density at radius 2 is 1.55 bits per heavy atom. The van der Waals surface area contributed by atoms with Gasteiger partial charge in [0.15, 0.2) is 6.29 Å². The number of non-ortho nitro benzene ring substituents is 1. The molecule has 2 aliphatic heterocycles. The summed E-state index contributed by atoms with van der Waals surface area (Å²) < 4.78 is 18.2. The topological polar surface area (TPSA) is 156 Å². The highest BCUT2D eigenvalue weighted by atomic mass is 16.7. The standard InChI is InChI=1S/C40H45N5O8/c1-27-36(25-43-20-22-44(23-21-43)33-16-18-34(19-17-33)45(49)50)52-39(53-37(27)30-10-8-29(26-46)9-11-30)31-12-14-32(15-13-31)41-40(48)42-35(38(47)51-2)24-28-6-4-3-5-7-28/h3-19,27,35-37,39,46H,20-26H2,1-2H3,(H2,41,42,48)/t27-,35-,36+,37+,39+/m0/s1. The first kappa shape index (κ1) is 37.4.